The van der Waals surface area contributed by atoms with Crippen LogP contribution in [0.3, 0.4) is 0 Å². The molecule has 2 aliphatic rings. The zero-order chi connectivity index (χ0) is 23.6. The number of carbonyl (C=O) groups is 2. The maximum absolute atomic E-state index is 12.7. The molecule has 0 radical (unpaired) electrons. The van der Waals surface area contributed by atoms with Gasteiger partial charge in [-0.1, -0.05) is 33.8 Å². The molecule has 7 nitrogen and oxygen atoms in total. The molecule has 3 N–H and O–H groups in total. The largest absolute Gasteiger partial charge is 0.508 e. The van der Waals surface area contributed by atoms with Crippen molar-refractivity contribution in [1.29, 1.82) is 0 Å². The van der Waals surface area contributed by atoms with Crippen molar-refractivity contribution in [1.82, 2.24) is 0 Å². The molecule has 0 saturated heterocycles. The summed E-state index contributed by atoms with van der Waals surface area (Å²) < 4.78 is 11.7. The number of phenols is 2. The molecule has 3 aromatic rings. The van der Waals surface area contributed by atoms with Gasteiger partial charge in [0.25, 0.3) is 0 Å². The second-order valence-corrected chi connectivity index (χ2v) is 6.60. The Kier molecular flexibility index (Phi) is 6.11. The first-order valence-electron chi connectivity index (χ1n) is 10.4. The number of aromatic carboxylic acids is 1. The highest BCUT2D eigenvalue weighted by molar-refractivity contribution is 6.00. The van der Waals surface area contributed by atoms with E-state index >= 15 is 0 Å². The summed E-state index contributed by atoms with van der Waals surface area (Å²) in [7, 11) is 0. The first-order chi connectivity index (χ1) is 15.4. The van der Waals surface area contributed by atoms with Crippen LogP contribution in [0, 0.1) is 0 Å². The number of aromatic hydroxyl groups is 2. The maximum Gasteiger partial charge on any atom is 0.340 e. The molecule has 5 rings (SSSR count). The monoisotopic (exact) mass is 436 g/mol. The van der Waals surface area contributed by atoms with E-state index in [1.807, 2.05) is 27.7 Å². The molecular formula is C25H24O7. The van der Waals surface area contributed by atoms with Crippen molar-refractivity contribution in [3.63, 3.8) is 0 Å². The van der Waals surface area contributed by atoms with E-state index in [0.29, 0.717) is 16.7 Å². The Morgan fingerprint density at radius 1 is 0.781 bits per heavy atom. The van der Waals surface area contributed by atoms with E-state index in [1.54, 1.807) is 18.2 Å². The van der Waals surface area contributed by atoms with E-state index in [9.17, 15) is 24.9 Å². The van der Waals surface area contributed by atoms with Crippen LogP contribution >= 0.6 is 0 Å². The Bertz CT molecular complexity index is 1150. The molecule has 1 spiro atoms. The summed E-state index contributed by atoms with van der Waals surface area (Å²) in [6.07, 6.45) is 0. The molecule has 0 aromatic heterocycles. The van der Waals surface area contributed by atoms with Gasteiger partial charge in [0.05, 0.1) is 11.1 Å². The van der Waals surface area contributed by atoms with Gasteiger partial charge < -0.3 is 24.8 Å². The van der Waals surface area contributed by atoms with Crippen molar-refractivity contribution in [2.75, 3.05) is 0 Å². The van der Waals surface area contributed by atoms with Gasteiger partial charge in [-0.3, -0.25) is 0 Å². The average Bonchev–Trinajstić information content (AvgIpc) is 3.08. The van der Waals surface area contributed by atoms with Gasteiger partial charge in [-0.2, -0.15) is 0 Å². The van der Waals surface area contributed by atoms with Crippen LogP contribution < -0.4 is 4.74 Å². The highest BCUT2D eigenvalue weighted by Gasteiger charge is 2.53. The third kappa shape index (κ3) is 3.32. The molecule has 0 amide bonds. The number of fused-ring (bicyclic) bond motifs is 6. The molecular weight excluding hydrogens is 412 g/mol. The molecule has 2 heterocycles. The van der Waals surface area contributed by atoms with Gasteiger partial charge >= 0.3 is 11.9 Å². The molecule has 166 valence electrons. The van der Waals surface area contributed by atoms with Gasteiger partial charge in [0.15, 0.2) is 5.60 Å². The summed E-state index contributed by atoms with van der Waals surface area (Å²) in [4.78, 5) is 24.0. The van der Waals surface area contributed by atoms with Crippen LogP contribution in [0.2, 0.25) is 0 Å². The molecule has 0 saturated carbocycles. The fourth-order valence-corrected chi connectivity index (χ4v) is 3.84. The first-order valence-corrected chi connectivity index (χ1v) is 10.4. The number of hydrogen-bond acceptors (Lipinski definition) is 6. The molecule has 3 aromatic carbocycles. The summed E-state index contributed by atoms with van der Waals surface area (Å²) in [5.41, 5.74) is 0.159. The lowest BCUT2D eigenvalue weighted by Crippen LogP contribution is -2.32. The van der Waals surface area contributed by atoms with Crippen LogP contribution in [0.4, 0.5) is 0 Å². The normalized spacial score (nSPS) is 13.7. The summed E-state index contributed by atoms with van der Waals surface area (Å²) >= 11 is 0. The minimum atomic E-state index is -1.38. The fraction of sp³-hybridized carbons (Fsp3) is 0.200. The Hall–Kier alpha value is -4.00. The molecule has 0 unspecified atom stereocenters. The number of ether oxygens (including phenoxy) is 2. The second-order valence-electron chi connectivity index (χ2n) is 6.60. The first kappa shape index (κ1) is 22.7. The predicted molar refractivity (Wildman–Crippen MR) is 118 cm³/mol. The van der Waals surface area contributed by atoms with Gasteiger partial charge in [0, 0.05) is 28.8 Å². The van der Waals surface area contributed by atoms with Crippen LogP contribution in [-0.2, 0) is 10.3 Å². The number of carbonyl (C=O) groups excluding carboxylic acids is 1. The SMILES string of the molecule is CC.CC.O=C(O)c1ccc2c(c1)C(=O)OC21c2ccc(O)cc2Oc2cc(O)ccc21. The van der Waals surface area contributed by atoms with Gasteiger partial charge in [-0.05, 0) is 36.4 Å². The second kappa shape index (κ2) is 8.63. The van der Waals surface area contributed by atoms with Crippen molar-refractivity contribution in [2.45, 2.75) is 33.3 Å². The van der Waals surface area contributed by atoms with Gasteiger partial charge in [0.1, 0.15) is 23.0 Å². The van der Waals surface area contributed by atoms with E-state index in [1.165, 1.54) is 36.4 Å². The zero-order valence-electron chi connectivity index (χ0n) is 18.2. The highest BCUT2D eigenvalue weighted by atomic mass is 16.6. The van der Waals surface area contributed by atoms with Crippen molar-refractivity contribution in [3.8, 4) is 23.0 Å². The lowest BCUT2D eigenvalue weighted by atomic mass is 9.77. The van der Waals surface area contributed by atoms with Crippen LogP contribution in [0.15, 0.2) is 54.6 Å². The standard InChI is InChI=1S/C21H12O7.2C2H6/c22-11-2-5-15-17(8-11)27-18-9-12(23)3-6-16(18)21(15)14-4-1-10(19(24)25)7-13(14)20(26)28-21;2*1-2/h1-9,22-23H,(H,24,25);2*1-2H3. The Labute approximate surface area is 185 Å². The average molecular weight is 436 g/mol. The highest BCUT2D eigenvalue weighted by Crippen LogP contribution is 2.56. The van der Waals surface area contributed by atoms with E-state index in [0.717, 1.165) is 0 Å². The number of rotatable bonds is 1. The number of esters is 1. The van der Waals surface area contributed by atoms with E-state index < -0.39 is 17.5 Å². The molecule has 32 heavy (non-hydrogen) atoms. The minimum absolute atomic E-state index is 0.0309. The number of carboxylic acids is 1. The molecule has 0 atom stereocenters. The molecule has 0 fully saturated rings. The van der Waals surface area contributed by atoms with E-state index in [-0.39, 0.29) is 34.1 Å². The quantitative estimate of drug-likeness (QED) is 0.437. The van der Waals surface area contributed by atoms with Crippen molar-refractivity contribution in [3.05, 3.63) is 82.4 Å². The molecule has 0 aliphatic carbocycles. The molecule has 0 bridgehead atoms. The van der Waals surface area contributed by atoms with Crippen LogP contribution in [0.5, 0.6) is 23.0 Å². The molecule has 7 heteroatoms. The van der Waals surface area contributed by atoms with Gasteiger partial charge in [-0.15, -0.1) is 0 Å². The Balaban J connectivity index is 0.000000686. The third-order valence-electron chi connectivity index (χ3n) is 5.02. The summed E-state index contributed by atoms with van der Waals surface area (Å²) in [5.74, 6) is -1.37. The number of benzene rings is 3. The van der Waals surface area contributed by atoms with E-state index in [2.05, 4.69) is 0 Å². The minimum Gasteiger partial charge on any atom is -0.508 e. The lowest BCUT2D eigenvalue weighted by Gasteiger charge is -2.36. The maximum atomic E-state index is 12.7. The Morgan fingerprint density at radius 2 is 1.28 bits per heavy atom. The summed E-state index contributed by atoms with van der Waals surface area (Å²) in [5, 5.41) is 29.0. The lowest BCUT2D eigenvalue weighted by molar-refractivity contribution is 0.0224. The van der Waals surface area contributed by atoms with Gasteiger partial charge in [0.2, 0.25) is 0 Å². The summed E-state index contributed by atoms with van der Waals surface area (Å²) in [6.45, 7) is 8.00. The van der Waals surface area contributed by atoms with Crippen molar-refractivity contribution >= 4 is 11.9 Å². The van der Waals surface area contributed by atoms with Crippen molar-refractivity contribution < 1.29 is 34.4 Å². The van der Waals surface area contributed by atoms with Crippen LogP contribution in [0.25, 0.3) is 0 Å². The number of carboxylic acid groups (broad SMARTS) is 1. The Morgan fingerprint density at radius 3 is 1.78 bits per heavy atom. The topological polar surface area (TPSA) is 113 Å². The number of hydrogen-bond donors (Lipinski definition) is 3. The van der Waals surface area contributed by atoms with Gasteiger partial charge in [-0.25, -0.2) is 9.59 Å². The molecule has 2 aliphatic heterocycles. The smallest absolute Gasteiger partial charge is 0.340 e. The number of phenolic OH excluding ortho intramolecular Hbond substituents is 2. The van der Waals surface area contributed by atoms with Crippen LogP contribution in [-0.4, -0.2) is 27.3 Å². The fourth-order valence-electron chi connectivity index (χ4n) is 3.84. The predicted octanol–water partition coefficient (Wildman–Crippen LogP) is 5.42. The zero-order valence-corrected chi connectivity index (χ0v) is 18.2. The third-order valence-corrected chi connectivity index (χ3v) is 5.02. The van der Waals surface area contributed by atoms with E-state index in [4.69, 9.17) is 9.47 Å². The van der Waals surface area contributed by atoms with Crippen LogP contribution in [0.1, 0.15) is 65.1 Å². The summed E-state index contributed by atoms with van der Waals surface area (Å²) in [6, 6.07) is 13.1. The van der Waals surface area contributed by atoms with Crippen molar-refractivity contribution in [2.24, 2.45) is 0 Å².